The van der Waals surface area contributed by atoms with Crippen LogP contribution in [0, 0.1) is 20.8 Å². The number of hydrogen-bond donors (Lipinski definition) is 1. The van der Waals surface area contributed by atoms with Crippen LogP contribution in [0.2, 0.25) is 0 Å². The molecule has 0 aliphatic carbocycles. The fourth-order valence-corrected chi connectivity index (χ4v) is 3.54. The van der Waals surface area contributed by atoms with Crippen molar-refractivity contribution in [2.45, 2.75) is 46.5 Å². The Bertz CT molecular complexity index is 555. The van der Waals surface area contributed by atoms with Gasteiger partial charge in [-0.25, -0.2) is 4.98 Å². The molecule has 1 heterocycles. The molecule has 2 aromatic rings. The van der Waals surface area contributed by atoms with Crippen LogP contribution in [-0.2, 0) is 6.42 Å². The van der Waals surface area contributed by atoms with Crippen LogP contribution in [0.5, 0.6) is 0 Å². The van der Waals surface area contributed by atoms with Crippen LogP contribution in [0.4, 0.5) is 0 Å². The van der Waals surface area contributed by atoms with Gasteiger partial charge in [0.15, 0.2) is 0 Å². The Morgan fingerprint density at radius 1 is 1.24 bits per heavy atom. The number of nitrogens with one attached hydrogen (secondary N) is 1. The Labute approximate surface area is 132 Å². The molecule has 3 heteroatoms. The van der Waals surface area contributed by atoms with Gasteiger partial charge >= 0.3 is 0 Å². The number of hydrogen-bond acceptors (Lipinski definition) is 3. The third-order valence-corrected chi connectivity index (χ3v) is 4.92. The lowest BCUT2D eigenvalue weighted by molar-refractivity contribution is 0.575. The van der Waals surface area contributed by atoms with E-state index in [1.54, 1.807) is 0 Å². The summed E-state index contributed by atoms with van der Waals surface area (Å²) in [6, 6.07) is 8.89. The molecule has 1 aromatic carbocycles. The van der Waals surface area contributed by atoms with Crippen LogP contribution in [0.3, 0.4) is 0 Å². The van der Waals surface area contributed by atoms with Crippen molar-refractivity contribution in [3.63, 3.8) is 0 Å². The van der Waals surface area contributed by atoms with Crippen molar-refractivity contribution < 1.29 is 0 Å². The summed E-state index contributed by atoms with van der Waals surface area (Å²) in [5.74, 6) is 0.501. The van der Waals surface area contributed by atoms with Gasteiger partial charge in [-0.3, -0.25) is 0 Å². The predicted molar refractivity (Wildman–Crippen MR) is 92.4 cm³/mol. The van der Waals surface area contributed by atoms with Crippen molar-refractivity contribution in [2.24, 2.45) is 0 Å². The van der Waals surface area contributed by atoms with Crippen LogP contribution in [0.25, 0.3) is 0 Å². The lowest BCUT2D eigenvalue weighted by Gasteiger charge is -2.17. The van der Waals surface area contributed by atoms with E-state index in [0.717, 1.165) is 19.5 Å². The molecule has 114 valence electrons. The van der Waals surface area contributed by atoms with Crippen LogP contribution in [0.1, 0.15) is 46.0 Å². The standard InChI is InChI=1S/C18H26N2S/c1-5-9-19-12-17(16-8-6-7-13(2)10-16)11-18-20-14(3)15(4)21-18/h6-8,10,17,19H,5,9,11-12H2,1-4H3. The molecule has 0 radical (unpaired) electrons. The monoisotopic (exact) mass is 302 g/mol. The highest BCUT2D eigenvalue weighted by Gasteiger charge is 2.15. The van der Waals surface area contributed by atoms with E-state index < -0.39 is 0 Å². The Morgan fingerprint density at radius 3 is 2.67 bits per heavy atom. The summed E-state index contributed by atoms with van der Waals surface area (Å²) < 4.78 is 0. The van der Waals surface area contributed by atoms with Crippen molar-refractivity contribution in [2.75, 3.05) is 13.1 Å². The van der Waals surface area contributed by atoms with Gasteiger partial charge < -0.3 is 5.32 Å². The van der Waals surface area contributed by atoms with E-state index >= 15 is 0 Å². The molecule has 0 amide bonds. The summed E-state index contributed by atoms with van der Waals surface area (Å²) in [4.78, 5) is 6.06. The van der Waals surface area contributed by atoms with Crippen molar-refractivity contribution in [1.29, 1.82) is 0 Å². The zero-order valence-electron chi connectivity index (χ0n) is 13.6. The molecule has 0 saturated heterocycles. The highest BCUT2D eigenvalue weighted by Crippen LogP contribution is 2.25. The third-order valence-electron chi connectivity index (χ3n) is 3.82. The summed E-state index contributed by atoms with van der Waals surface area (Å²) in [6.07, 6.45) is 2.20. The van der Waals surface area contributed by atoms with Gasteiger partial charge in [0.25, 0.3) is 0 Å². The number of rotatable bonds is 7. The first-order chi connectivity index (χ1) is 10.1. The van der Waals surface area contributed by atoms with E-state index in [1.807, 2.05) is 11.3 Å². The molecule has 0 aliphatic heterocycles. The second-order valence-electron chi connectivity index (χ2n) is 5.77. The fourth-order valence-electron chi connectivity index (χ4n) is 2.52. The summed E-state index contributed by atoms with van der Waals surface area (Å²) in [7, 11) is 0. The van der Waals surface area contributed by atoms with E-state index in [9.17, 15) is 0 Å². The third kappa shape index (κ3) is 4.65. The summed E-state index contributed by atoms with van der Waals surface area (Å²) >= 11 is 1.84. The predicted octanol–water partition coefficient (Wildman–Crippen LogP) is 4.39. The Morgan fingerprint density at radius 2 is 2.05 bits per heavy atom. The van der Waals surface area contributed by atoms with Gasteiger partial charge in [0.1, 0.15) is 0 Å². The van der Waals surface area contributed by atoms with Gasteiger partial charge in [-0.05, 0) is 39.3 Å². The van der Waals surface area contributed by atoms with Crippen LogP contribution in [0.15, 0.2) is 24.3 Å². The lowest BCUT2D eigenvalue weighted by Crippen LogP contribution is -2.23. The van der Waals surface area contributed by atoms with Gasteiger partial charge in [0.05, 0.1) is 10.7 Å². The zero-order chi connectivity index (χ0) is 15.2. The highest BCUT2D eigenvalue weighted by atomic mass is 32.1. The molecule has 1 N–H and O–H groups in total. The van der Waals surface area contributed by atoms with E-state index in [2.05, 4.69) is 57.3 Å². The maximum absolute atomic E-state index is 4.72. The first kappa shape index (κ1) is 16.2. The van der Waals surface area contributed by atoms with Gasteiger partial charge in [-0.15, -0.1) is 11.3 Å². The molecule has 1 aromatic heterocycles. The maximum Gasteiger partial charge on any atom is 0.0937 e. The molecule has 2 rings (SSSR count). The fraction of sp³-hybridized carbons (Fsp3) is 0.500. The van der Waals surface area contributed by atoms with E-state index in [4.69, 9.17) is 4.98 Å². The topological polar surface area (TPSA) is 24.9 Å². The molecule has 1 unspecified atom stereocenters. The molecular weight excluding hydrogens is 276 g/mol. The quantitative estimate of drug-likeness (QED) is 0.767. The van der Waals surface area contributed by atoms with Gasteiger partial charge in [0, 0.05) is 23.8 Å². The molecule has 1 atom stereocenters. The van der Waals surface area contributed by atoms with Crippen molar-refractivity contribution >= 4 is 11.3 Å². The number of nitrogens with zero attached hydrogens (tertiary/aromatic N) is 1. The smallest absolute Gasteiger partial charge is 0.0937 e. The molecule has 0 bridgehead atoms. The molecule has 0 fully saturated rings. The first-order valence-electron chi connectivity index (χ1n) is 7.80. The first-order valence-corrected chi connectivity index (χ1v) is 8.62. The van der Waals surface area contributed by atoms with Crippen LogP contribution in [-0.4, -0.2) is 18.1 Å². The average molecular weight is 302 g/mol. The minimum Gasteiger partial charge on any atom is -0.316 e. The minimum absolute atomic E-state index is 0.501. The number of aromatic nitrogens is 1. The molecule has 0 aliphatic rings. The molecule has 21 heavy (non-hydrogen) atoms. The average Bonchev–Trinajstić information content (AvgIpc) is 2.76. The SMILES string of the molecule is CCCNCC(Cc1nc(C)c(C)s1)c1cccc(C)c1. The van der Waals surface area contributed by atoms with Crippen molar-refractivity contribution in [3.8, 4) is 0 Å². The van der Waals surface area contributed by atoms with Crippen LogP contribution < -0.4 is 5.32 Å². The molecule has 2 nitrogen and oxygen atoms in total. The van der Waals surface area contributed by atoms with Gasteiger partial charge in [-0.2, -0.15) is 0 Å². The number of thiazole rings is 1. The van der Waals surface area contributed by atoms with Crippen molar-refractivity contribution in [3.05, 3.63) is 51.0 Å². The largest absolute Gasteiger partial charge is 0.316 e. The molecule has 0 spiro atoms. The summed E-state index contributed by atoms with van der Waals surface area (Å²) in [5, 5.41) is 4.83. The number of benzene rings is 1. The summed E-state index contributed by atoms with van der Waals surface area (Å²) in [6.45, 7) is 10.7. The van der Waals surface area contributed by atoms with E-state index in [-0.39, 0.29) is 0 Å². The van der Waals surface area contributed by atoms with Crippen molar-refractivity contribution in [1.82, 2.24) is 10.3 Å². The normalized spacial score (nSPS) is 12.6. The van der Waals surface area contributed by atoms with Gasteiger partial charge in [0.2, 0.25) is 0 Å². The highest BCUT2D eigenvalue weighted by molar-refractivity contribution is 7.11. The number of aryl methyl sites for hydroxylation is 3. The molecular formula is C18H26N2S. The van der Waals surface area contributed by atoms with E-state index in [1.165, 1.54) is 33.1 Å². The Hall–Kier alpha value is -1.19. The second kappa shape index (κ2) is 7.71. The summed E-state index contributed by atoms with van der Waals surface area (Å²) in [5.41, 5.74) is 3.93. The van der Waals surface area contributed by atoms with Gasteiger partial charge in [-0.1, -0.05) is 36.8 Å². The maximum atomic E-state index is 4.72. The van der Waals surface area contributed by atoms with Crippen LogP contribution >= 0.6 is 11.3 Å². The van der Waals surface area contributed by atoms with E-state index in [0.29, 0.717) is 5.92 Å². The zero-order valence-corrected chi connectivity index (χ0v) is 14.4. The Kier molecular flexibility index (Phi) is 5.95. The Balaban J connectivity index is 2.15. The minimum atomic E-state index is 0.501. The lowest BCUT2D eigenvalue weighted by atomic mass is 9.94. The molecule has 0 saturated carbocycles. The second-order valence-corrected chi connectivity index (χ2v) is 7.06.